The SMILES string of the molecule is CCCCCCOCCC(=O)O. The summed E-state index contributed by atoms with van der Waals surface area (Å²) in [7, 11) is 0. The highest BCUT2D eigenvalue weighted by Crippen LogP contribution is 1.98. The second kappa shape index (κ2) is 8.53. The van der Waals surface area contributed by atoms with E-state index in [9.17, 15) is 4.79 Å². The molecule has 0 amide bonds. The van der Waals surface area contributed by atoms with E-state index in [1.165, 1.54) is 19.3 Å². The Balaban J connectivity index is 2.86. The number of hydrogen-bond donors (Lipinski definition) is 1. The van der Waals surface area contributed by atoms with E-state index in [0.29, 0.717) is 13.2 Å². The van der Waals surface area contributed by atoms with Crippen LogP contribution in [-0.2, 0) is 9.53 Å². The predicted octanol–water partition coefficient (Wildman–Crippen LogP) is 2.06. The number of ether oxygens (including phenoxy) is 1. The largest absolute Gasteiger partial charge is 0.481 e. The van der Waals surface area contributed by atoms with Crippen LogP contribution in [0.3, 0.4) is 0 Å². The first-order valence-corrected chi connectivity index (χ1v) is 4.57. The molecule has 0 bridgehead atoms. The van der Waals surface area contributed by atoms with Crippen LogP contribution in [0.2, 0.25) is 0 Å². The van der Waals surface area contributed by atoms with E-state index in [1.807, 2.05) is 0 Å². The van der Waals surface area contributed by atoms with Crippen molar-refractivity contribution < 1.29 is 14.6 Å². The third-order valence-corrected chi connectivity index (χ3v) is 1.60. The molecule has 0 saturated carbocycles. The van der Waals surface area contributed by atoms with Gasteiger partial charge in [0.25, 0.3) is 0 Å². The Morgan fingerprint density at radius 3 is 2.58 bits per heavy atom. The maximum atomic E-state index is 10.1. The Labute approximate surface area is 73.7 Å². The second-order valence-electron chi connectivity index (χ2n) is 2.82. The minimum absolute atomic E-state index is 0.119. The zero-order chi connectivity index (χ0) is 9.23. The monoisotopic (exact) mass is 174 g/mol. The first-order chi connectivity index (χ1) is 5.77. The highest BCUT2D eigenvalue weighted by molar-refractivity contribution is 5.66. The molecule has 0 spiro atoms. The van der Waals surface area contributed by atoms with Crippen LogP contribution in [0.4, 0.5) is 0 Å². The molecule has 3 heteroatoms. The van der Waals surface area contributed by atoms with Gasteiger partial charge >= 0.3 is 5.97 Å². The Bertz CT molecular complexity index is 112. The predicted molar refractivity (Wildman–Crippen MR) is 47.2 cm³/mol. The second-order valence-corrected chi connectivity index (χ2v) is 2.82. The molecule has 3 nitrogen and oxygen atoms in total. The van der Waals surface area contributed by atoms with Crippen molar-refractivity contribution in [1.82, 2.24) is 0 Å². The fraction of sp³-hybridized carbons (Fsp3) is 0.889. The molecule has 0 saturated heterocycles. The number of aliphatic carboxylic acids is 1. The van der Waals surface area contributed by atoms with E-state index < -0.39 is 5.97 Å². The molecule has 0 aromatic heterocycles. The van der Waals surface area contributed by atoms with Crippen LogP contribution in [0.25, 0.3) is 0 Å². The van der Waals surface area contributed by atoms with Crippen molar-refractivity contribution in [2.75, 3.05) is 13.2 Å². The van der Waals surface area contributed by atoms with E-state index in [1.54, 1.807) is 0 Å². The van der Waals surface area contributed by atoms with Gasteiger partial charge in [-0.25, -0.2) is 0 Å². The van der Waals surface area contributed by atoms with E-state index in [-0.39, 0.29) is 6.42 Å². The Hall–Kier alpha value is -0.570. The van der Waals surface area contributed by atoms with E-state index in [0.717, 1.165) is 6.42 Å². The summed E-state index contributed by atoms with van der Waals surface area (Å²) in [5.74, 6) is -0.788. The van der Waals surface area contributed by atoms with Gasteiger partial charge in [0, 0.05) is 6.61 Å². The van der Waals surface area contributed by atoms with Crippen LogP contribution < -0.4 is 0 Å². The standard InChI is InChI=1S/C9H18O3/c1-2-3-4-5-7-12-8-6-9(10)11/h2-8H2,1H3,(H,10,11). The molecule has 0 aliphatic rings. The molecule has 0 atom stereocenters. The van der Waals surface area contributed by atoms with Gasteiger partial charge in [0.2, 0.25) is 0 Å². The minimum Gasteiger partial charge on any atom is -0.481 e. The number of rotatable bonds is 8. The van der Waals surface area contributed by atoms with Crippen molar-refractivity contribution in [3.8, 4) is 0 Å². The lowest BCUT2D eigenvalue weighted by atomic mass is 10.2. The molecule has 12 heavy (non-hydrogen) atoms. The molecule has 0 aliphatic carbocycles. The Kier molecular flexibility index (Phi) is 8.12. The molecular formula is C9H18O3. The molecule has 0 radical (unpaired) electrons. The third kappa shape index (κ3) is 9.43. The summed E-state index contributed by atoms with van der Waals surface area (Å²) >= 11 is 0. The number of carbonyl (C=O) groups is 1. The fourth-order valence-corrected chi connectivity index (χ4v) is 0.892. The molecule has 72 valence electrons. The zero-order valence-electron chi connectivity index (χ0n) is 7.71. The van der Waals surface area contributed by atoms with Gasteiger partial charge in [0.05, 0.1) is 13.0 Å². The average Bonchev–Trinajstić information content (AvgIpc) is 2.02. The highest BCUT2D eigenvalue weighted by Gasteiger charge is 1.95. The van der Waals surface area contributed by atoms with E-state index >= 15 is 0 Å². The lowest BCUT2D eigenvalue weighted by molar-refractivity contribution is -0.138. The average molecular weight is 174 g/mol. The van der Waals surface area contributed by atoms with Crippen molar-refractivity contribution in [2.45, 2.75) is 39.0 Å². The zero-order valence-corrected chi connectivity index (χ0v) is 7.71. The van der Waals surface area contributed by atoms with Crippen LogP contribution in [0.5, 0.6) is 0 Å². The summed E-state index contributed by atoms with van der Waals surface area (Å²) in [6.07, 6.45) is 4.81. The fourth-order valence-electron chi connectivity index (χ4n) is 0.892. The highest BCUT2D eigenvalue weighted by atomic mass is 16.5. The maximum absolute atomic E-state index is 10.1. The van der Waals surface area contributed by atoms with E-state index in [2.05, 4.69) is 6.92 Å². The summed E-state index contributed by atoms with van der Waals surface area (Å²) < 4.78 is 5.11. The molecule has 0 fully saturated rings. The number of carboxylic acid groups (broad SMARTS) is 1. The smallest absolute Gasteiger partial charge is 0.305 e. The molecule has 0 unspecified atom stereocenters. The molecule has 0 rings (SSSR count). The van der Waals surface area contributed by atoms with Crippen molar-refractivity contribution in [1.29, 1.82) is 0 Å². The molecular weight excluding hydrogens is 156 g/mol. The van der Waals surface area contributed by atoms with Crippen molar-refractivity contribution in [2.24, 2.45) is 0 Å². The molecule has 0 aromatic rings. The summed E-state index contributed by atoms with van der Waals surface area (Å²) in [5, 5.41) is 8.27. The van der Waals surface area contributed by atoms with E-state index in [4.69, 9.17) is 9.84 Å². The van der Waals surface area contributed by atoms with Crippen molar-refractivity contribution in [3.05, 3.63) is 0 Å². The number of carboxylic acids is 1. The van der Waals surface area contributed by atoms with Crippen molar-refractivity contribution >= 4 is 5.97 Å². The summed E-state index contributed by atoms with van der Waals surface area (Å²) in [6, 6.07) is 0. The van der Waals surface area contributed by atoms with Crippen LogP contribution in [0.15, 0.2) is 0 Å². The topological polar surface area (TPSA) is 46.5 Å². The minimum atomic E-state index is -0.788. The Morgan fingerprint density at radius 2 is 2.00 bits per heavy atom. The van der Waals surface area contributed by atoms with Gasteiger partial charge in [0.1, 0.15) is 0 Å². The van der Waals surface area contributed by atoms with Crippen LogP contribution in [0, 0.1) is 0 Å². The lowest BCUT2D eigenvalue weighted by Crippen LogP contribution is -2.03. The normalized spacial score (nSPS) is 10.1. The van der Waals surface area contributed by atoms with Crippen LogP contribution in [-0.4, -0.2) is 24.3 Å². The van der Waals surface area contributed by atoms with Crippen molar-refractivity contribution in [3.63, 3.8) is 0 Å². The lowest BCUT2D eigenvalue weighted by Gasteiger charge is -2.00. The van der Waals surface area contributed by atoms with Gasteiger partial charge in [-0.05, 0) is 6.42 Å². The van der Waals surface area contributed by atoms with Gasteiger partial charge in [-0.15, -0.1) is 0 Å². The van der Waals surface area contributed by atoms with Gasteiger partial charge in [-0.3, -0.25) is 4.79 Å². The summed E-state index contributed by atoms with van der Waals surface area (Å²) in [6.45, 7) is 3.21. The third-order valence-electron chi connectivity index (χ3n) is 1.60. The van der Waals surface area contributed by atoms with Crippen LogP contribution >= 0.6 is 0 Å². The summed E-state index contributed by atoms with van der Waals surface area (Å²) in [4.78, 5) is 10.1. The van der Waals surface area contributed by atoms with Gasteiger partial charge in [-0.2, -0.15) is 0 Å². The van der Waals surface area contributed by atoms with Gasteiger partial charge in [0.15, 0.2) is 0 Å². The van der Waals surface area contributed by atoms with Gasteiger partial charge in [-0.1, -0.05) is 26.2 Å². The molecule has 1 N–H and O–H groups in total. The molecule has 0 heterocycles. The number of unbranched alkanes of at least 4 members (excludes halogenated alkanes) is 3. The Morgan fingerprint density at radius 1 is 1.25 bits per heavy atom. The summed E-state index contributed by atoms with van der Waals surface area (Å²) in [5.41, 5.74) is 0. The molecule has 0 aromatic carbocycles. The van der Waals surface area contributed by atoms with Crippen LogP contribution in [0.1, 0.15) is 39.0 Å². The quantitative estimate of drug-likeness (QED) is 0.573. The van der Waals surface area contributed by atoms with Gasteiger partial charge < -0.3 is 9.84 Å². The maximum Gasteiger partial charge on any atom is 0.305 e. The first-order valence-electron chi connectivity index (χ1n) is 4.57. The molecule has 0 aliphatic heterocycles. The first kappa shape index (κ1) is 11.4. The number of hydrogen-bond acceptors (Lipinski definition) is 2.